The second kappa shape index (κ2) is 5.29. The molecule has 0 saturated carbocycles. The Hall–Kier alpha value is -3.41. The molecule has 120 valence electrons. The molecule has 0 aliphatic heterocycles. The van der Waals surface area contributed by atoms with E-state index in [4.69, 9.17) is 4.98 Å². The molecule has 2 aromatic heterocycles. The molecule has 0 atom stereocenters. The maximum Gasteiger partial charge on any atom is 0.146 e. The van der Waals surface area contributed by atoms with Crippen LogP contribution in [0.5, 0.6) is 0 Å². The summed E-state index contributed by atoms with van der Waals surface area (Å²) in [7, 11) is 0. The molecule has 4 nitrogen and oxygen atoms in total. The van der Waals surface area contributed by atoms with Gasteiger partial charge in [-0.2, -0.15) is 10.5 Å². The number of imidazole rings is 1. The fourth-order valence-corrected chi connectivity index (χ4v) is 3.92. The first-order valence-electron chi connectivity index (χ1n) is 7.97. The zero-order valence-corrected chi connectivity index (χ0v) is 14.9. The zero-order valence-electron chi connectivity index (χ0n) is 13.4. The number of nitrogens with zero attached hydrogens (tertiary/aromatic N) is 4. The number of hydrogen-bond acceptors (Lipinski definition) is 3. The van der Waals surface area contributed by atoms with E-state index in [0.29, 0.717) is 11.1 Å². The van der Waals surface area contributed by atoms with Gasteiger partial charge in [0.15, 0.2) is 0 Å². The number of fused-ring (bicyclic) bond motifs is 8. The molecule has 2 heterocycles. The number of hydrogen-bond donors (Lipinski definition) is 0. The number of aromatic nitrogens is 2. The maximum atomic E-state index is 9.46. The Bertz CT molecular complexity index is 1470. The summed E-state index contributed by atoms with van der Waals surface area (Å²) in [6.07, 6.45) is 0. The van der Waals surface area contributed by atoms with E-state index in [1.165, 1.54) is 0 Å². The van der Waals surface area contributed by atoms with Gasteiger partial charge in [0.1, 0.15) is 17.8 Å². The summed E-state index contributed by atoms with van der Waals surface area (Å²) in [4.78, 5) is 4.83. The van der Waals surface area contributed by atoms with Crippen LogP contribution in [0.25, 0.3) is 38.4 Å². The number of pyridine rings is 1. The van der Waals surface area contributed by atoms with Crippen molar-refractivity contribution in [2.45, 2.75) is 0 Å². The standard InChI is InChI=1S/C21H9BrN4/c22-14-5-6-15-16-7-12(10-23)13(11-24)8-20(16)26-19-4-2-1-3-18(19)25-21(26)17(15)9-14/h1-9H. The first-order valence-corrected chi connectivity index (χ1v) is 8.77. The molecule has 0 unspecified atom stereocenters. The van der Waals surface area contributed by atoms with Crippen LogP contribution in [0.15, 0.2) is 59.1 Å². The van der Waals surface area contributed by atoms with Gasteiger partial charge in [0, 0.05) is 15.2 Å². The van der Waals surface area contributed by atoms with E-state index in [9.17, 15) is 10.5 Å². The fraction of sp³-hybridized carbons (Fsp3) is 0. The second-order valence-corrected chi connectivity index (χ2v) is 7.00. The highest BCUT2D eigenvalue weighted by molar-refractivity contribution is 9.10. The third kappa shape index (κ3) is 1.89. The van der Waals surface area contributed by atoms with Gasteiger partial charge in [-0.15, -0.1) is 0 Å². The van der Waals surface area contributed by atoms with Crippen LogP contribution in [0.2, 0.25) is 0 Å². The highest BCUT2D eigenvalue weighted by Crippen LogP contribution is 2.34. The Labute approximate surface area is 156 Å². The quantitative estimate of drug-likeness (QED) is 0.333. The summed E-state index contributed by atoms with van der Waals surface area (Å²) in [5.41, 5.74) is 4.33. The van der Waals surface area contributed by atoms with Gasteiger partial charge in [-0.3, -0.25) is 4.40 Å². The molecule has 3 aromatic carbocycles. The monoisotopic (exact) mass is 396 g/mol. The number of rotatable bonds is 0. The Morgan fingerprint density at radius 2 is 1.58 bits per heavy atom. The van der Waals surface area contributed by atoms with E-state index in [0.717, 1.165) is 42.8 Å². The molecule has 5 heteroatoms. The number of halogens is 1. The van der Waals surface area contributed by atoms with E-state index in [2.05, 4.69) is 32.5 Å². The maximum absolute atomic E-state index is 9.46. The lowest BCUT2D eigenvalue weighted by Gasteiger charge is -2.10. The van der Waals surface area contributed by atoms with Gasteiger partial charge in [0.25, 0.3) is 0 Å². The van der Waals surface area contributed by atoms with E-state index in [-0.39, 0.29) is 0 Å². The van der Waals surface area contributed by atoms with Crippen LogP contribution < -0.4 is 0 Å². The predicted molar refractivity (Wildman–Crippen MR) is 105 cm³/mol. The van der Waals surface area contributed by atoms with Crippen molar-refractivity contribution in [1.29, 1.82) is 10.5 Å². The summed E-state index contributed by atoms with van der Waals surface area (Å²) in [6.45, 7) is 0. The molecule has 0 aliphatic carbocycles. The number of nitriles is 2. The van der Waals surface area contributed by atoms with Crippen molar-refractivity contribution in [2.24, 2.45) is 0 Å². The third-order valence-corrected chi connectivity index (χ3v) is 5.18. The normalized spacial score (nSPS) is 11.2. The van der Waals surface area contributed by atoms with Crippen LogP contribution in [-0.4, -0.2) is 9.38 Å². The van der Waals surface area contributed by atoms with Gasteiger partial charge in [0.2, 0.25) is 0 Å². The molecule has 5 rings (SSSR count). The molecule has 0 fully saturated rings. The SMILES string of the molecule is N#Cc1cc2c3ccc(Br)cc3c3nc4ccccc4n3c2cc1C#N. The first kappa shape index (κ1) is 14.9. The Kier molecular flexibility index (Phi) is 3.03. The van der Waals surface area contributed by atoms with Crippen molar-refractivity contribution in [3.63, 3.8) is 0 Å². The van der Waals surface area contributed by atoms with E-state index in [1.807, 2.05) is 42.5 Å². The number of para-hydroxylation sites is 2. The van der Waals surface area contributed by atoms with Gasteiger partial charge in [0.05, 0.1) is 27.7 Å². The van der Waals surface area contributed by atoms with E-state index >= 15 is 0 Å². The van der Waals surface area contributed by atoms with Crippen LogP contribution in [0.4, 0.5) is 0 Å². The van der Waals surface area contributed by atoms with Crippen LogP contribution in [0, 0.1) is 22.7 Å². The van der Waals surface area contributed by atoms with Gasteiger partial charge in [-0.25, -0.2) is 4.98 Å². The van der Waals surface area contributed by atoms with Crippen LogP contribution in [0.1, 0.15) is 11.1 Å². The molecule has 0 saturated heterocycles. The molecule has 0 spiro atoms. The molecular formula is C21H9BrN4. The largest absolute Gasteiger partial charge is 0.292 e. The van der Waals surface area contributed by atoms with Crippen LogP contribution >= 0.6 is 15.9 Å². The molecular weight excluding hydrogens is 388 g/mol. The molecule has 0 radical (unpaired) electrons. The molecule has 5 aromatic rings. The highest BCUT2D eigenvalue weighted by Gasteiger charge is 2.16. The summed E-state index contributed by atoms with van der Waals surface area (Å²) in [6, 6.07) is 21.8. The smallest absolute Gasteiger partial charge is 0.146 e. The molecule has 26 heavy (non-hydrogen) atoms. The lowest BCUT2D eigenvalue weighted by molar-refractivity contribution is 1.31. The van der Waals surface area contributed by atoms with Crippen LogP contribution in [0.3, 0.4) is 0 Å². The van der Waals surface area contributed by atoms with Crippen molar-refractivity contribution in [3.8, 4) is 12.1 Å². The lowest BCUT2D eigenvalue weighted by atomic mass is 10.0. The summed E-state index contributed by atoms with van der Waals surface area (Å²) < 4.78 is 3.04. The minimum atomic E-state index is 0.371. The van der Waals surface area contributed by atoms with E-state index in [1.54, 1.807) is 12.1 Å². The van der Waals surface area contributed by atoms with E-state index < -0.39 is 0 Å². The summed E-state index contributed by atoms with van der Waals surface area (Å²) in [5, 5.41) is 21.8. The molecule has 0 bridgehead atoms. The highest BCUT2D eigenvalue weighted by atomic mass is 79.9. The Morgan fingerprint density at radius 1 is 0.808 bits per heavy atom. The van der Waals surface area contributed by atoms with Crippen molar-refractivity contribution in [3.05, 3.63) is 70.2 Å². The van der Waals surface area contributed by atoms with Crippen molar-refractivity contribution >= 4 is 54.3 Å². The van der Waals surface area contributed by atoms with Crippen molar-refractivity contribution in [1.82, 2.24) is 9.38 Å². The zero-order chi connectivity index (χ0) is 17.8. The fourth-order valence-electron chi connectivity index (χ4n) is 3.56. The average Bonchev–Trinajstić information content (AvgIpc) is 3.07. The molecule has 0 aliphatic rings. The summed E-state index contributed by atoms with van der Waals surface area (Å²) >= 11 is 3.54. The average molecular weight is 397 g/mol. The minimum absolute atomic E-state index is 0.371. The van der Waals surface area contributed by atoms with Gasteiger partial charge >= 0.3 is 0 Å². The number of benzene rings is 3. The minimum Gasteiger partial charge on any atom is -0.292 e. The topological polar surface area (TPSA) is 64.9 Å². The van der Waals surface area contributed by atoms with Gasteiger partial charge < -0.3 is 0 Å². The Balaban J connectivity index is 2.19. The third-order valence-electron chi connectivity index (χ3n) is 4.69. The second-order valence-electron chi connectivity index (χ2n) is 6.09. The summed E-state index contributed by atoms with van der Waals surface area (Å²) in [5.74, 6) is 0. The lowest BCUT2D eigenvalue weighted by Crippen LogP contribution is -1.94. The van der Waals surface area contributed by atoms with Crippen molar-refractivity contribution < 1.29 is 0 Å². The van der Waals surface area contributed by atoms with Crippen LogP contribution in [-0.2, 0) is 0 Å². The van der Waals surface area contributed by atoms with Gasteiger partial charge in [-0.05, 0) is 41.8 Å². The molecule has 0 amide bonds. The van der Waals surface area contributed by atoms with Crippen molar-refractivity contribution in [2.75, 3.05) is 0 Å². The Morgan fingerprint density at radius 3 is 2.38 bits per heavy atom. The predicted octanol–water partition coefficient (Wildman–Crippen LogP) is 5.30. The first-order chi connectivity index (χ1) is 12.7. The van der Waals surface area contributed by atoms with Gasteiger partial charge in [-0.1, -0.05) is 34.1 Å². The molecule has 0 N–H and O–H groups in total.